The first kappa shape index (κ1) is 21.0. The molecule has 1 fully saturated rings. The summed E-state index contributed by atoms with van der Waals surface area (Å²) in [6, 6.07) is 6.29. The van der Waals surface area contributed by atoms with Gasteiger partial charge in [-0.15, -0.1) is 0 Å². The topological polar surface area (TPSA) is 101 Å². The standard InChI is InChI=1S/C23H28N6O2/c1-14-5-10-19(27-14)28-21-26-13-25-20(29-21)16-8-9-17(18(11-16)15-6-7-15)12-24-22(30)31-23(2,3)4/h5,8-11,13-15H,6-7,12H2,1-4H3,(H,24,30)(H,25,26,27,28,29). The molecular weight excluding hydrogens is 392 g/mol. The van der Waals surface area contributed by atoms with Crippen molar-refractivity contribution in [2.75, 3.05) is 5.32 Å². The molecule has 0 bridgehead atoms. The van der Waals surface area contributed by atoms with E-state index in [1.165, 1.54) is 11.9 Å². The van der Waals surface area contributed by atoms with Crippen LogP contribution in [-0.2, 0) is 11.3 Å². The number of benzene rings is 1. The number of ether oxygens (including phenoxy) is 1. The third-order valence-corrected chi connectivity index (χ3v) is 4.93. The summed E-state index contributed by atoms with van der Waals surface area (Å²) in [5.74, 6) is 2.31. The number of aromatic nitrogens is 3. The third-order valence-electron chi connectivity index (χ3n) is 4.93. The Hall–Kier alpha value is -3.29. The SMILES string of the molecule is CC1C=CC(Nc2ncnc(-c3ccc(CNC(=O)OC(C)(C)C)c(C4CC4)c3)n2)=N1. The minimum absolute atomic E-state index is 0.159. The van der Waals surface area contributed by atoms with Gasteiger partial charge in [-0.25, -0.2) is 14.8 Å². The Morgan fingerprint density at radius 2 is 2.03 bits per heavy atom. The Kier molecular flexibility index (Phi) is 5.71. The second-order valence-corrected chi connectivity index (χ2v) is 8.92. The number of alkyl carbamates (subject to hydrolysis) is 1. The van der Waals surface area contributed by atoms with E-state index in [2.05, 4.69) is 36.6 Å². The van der Waals surface area contributed by atoms with Gasteiger partial charge in [0.25, 0.3) is 0 Å². The number of amides is 1. The smallest absolute Gasteiger partial charge is 0.407 e. The second kappa shape index (κ2) is 8.45. The Morgan fingerprint density at radius 3 is 2.71 bits per heavy atom. The van der Waals surface area contributed by atoms with Gasteiger partial charge < -0.3 is 15.4 Å². The largest absolute Gasteiger partial charge is 0.444 e. The lowest BCUT2D eigenvalue weighted by atomic mass is 9.99. The van der Waals surface area contributed by atoms with Crippen LogP contribution in [0, 0.1) is 0 Å². The third kappa shape index (κ3) is 5.65. The Balaban J connectivity index is 1.50. The number of hydrogen-bond donors (Lipinski definition) is 2. The molecule has 2 heterocycles. The number of hydrogen-bond acceptors (Lipinski definition) is 7. The maximum absolute atomic E-state index is 12.0. The Labute approximate surface area is 182 Å². The maximum atomic E-state index is 12.0. The lowest BCUT2D eigenvalue weighted by Gasteiger charge is -2.20. The lowest BCUT2D eigenvalue weighted by Crippen LogP contribution is -2.32. The second-order valence-electron chi connectivity index (χ2n) is 8.92. The van der Waals surface area contributed by atoms with Crippen LogP contribution < -0.4 is 10.6 Å². The quantitative estimate of drug-likeness (QED) is 0.751. The normalized spacial score (nSPS) is 17.9. The molecule has 31 heavy (non-hydrogen) atoms. The molecule has 1 amide bonds. The Morgan fingerprint density at radius 1 is 1.23 bits per heavy atom. The van der Waals surface area contributed by atoms with Crippen LogP contribution in [0.4, 0.5) is 10.7 Å². The molecule has 1 atom stereocenters. The number of aliphatic imine (C=N–C) groups is 1. The van der Waals surface area contributed by atoms with Gasteiger partial charge in [0.1, 0.15) is 17.8 Å². The zero-order valence-electron chi connectivity index (χ0n) is 18.3. The molecule has 8 heteroatoms. The summed E-state index contributed by atoms with van der Waals surface area (Å²) in [5, 5.41) is 5.99. The van der Waals surface area contributed by atoms with Crippen molar-refractivity contribution in [3.05, 3.63) is 47.8 Å². The highest BCUT2D eigenvalue weighted by molar-refractivity contribution is 6.04. The molecule has 1 aliphatic heterocycles. The number of carbonyl (C=O) groups is 1. The fourth-order valence-electron chi connectivity index (χ4n) is 3.37. The van der Waals surface area contributed by atoms with E-state index in [0.29, 0.717) is 24.2 Å². The van der Waals surface area contributed by atoms with Crippen LogP contribution in [0.1, 0.15) is 57.6 Å². The van der Waals surface area contributed by atoms with Crippen LogP contribution in [-0.4, -0.2) is 38.5 Å². The van der Waals surface area contributed by atoms with E-state index in [1.807, 2.05) is 52.0 Å². The van der Waals surface area contributed by atoms with Gasteiger partial charge in [0, 0.05) is 12.1 Å². The minimum atomic E-state index is -0.518. The van der Waals surface area contributed by atoms with Gasteiger partial charge in [-0.3, -0.25) is 4.99 Å². The van der Waals surface area contributed by atoms with Crippen LogP contribution in [0.2, 0.25) is 0 Å². The van der Waals surface area contributed by atoms with Crippen LogP contribution in [0.15, 0.2) is 41.7 Å². The van der Waals surface area contributed by atoms with Crippen LogP contribution in [0.25, 0.3) is 11.4 Å². The summed E-state index contributed by atoms with van der Waals surface area (Å²) in [6.07, 6.45) is 7.32. The fraction of sp³-hybridized carbons (Fsp3) is 0.435. The van der Waals surface area contributed by atoms with E-state index in [9.17, 15) is 4.79 Å². The predicted molar refractivity (Wildman–Crippen MR) is 120 cm³/mol. The number of rotatable bonds is 5. The van der Waals surface area contributed by atoms with E-state index < -0.39 is 11.7 Å². The highest BCUT2D eigenvalue weighted by Gasteiger charge is 2.27. The molecule has 2 aromatic rings. The molecule has 4 rings (SSSR count). The predicted octanol–water partition coefficient (Wildman–Crippen LogP) is 4.21. The van der Waals surface area contributed by atoms with Crippen LogP contribution in [0.3, 0.4) is 0 Å². The average molecular weight is 421 g/mol. The average Bonchev–Trinajstić information content (AvgIpc) is 3.47. The monoisotopic (exact) mass is 420 g/mol. The zero-order valence-corrected chi connectivity index (χ0v) is 18.3. The summed E-state index contributed by atoms with van der Waals surface area (Å²) >= 11 is 0. The lowest BCUT2D eigenvalue weighted by molar-refractivity contribution is 0.0523. The molecule has 1 aliphatic carbocycles. The van der Waals surface area contributed by atoms with E-state index in [-0.39, 0.29) is 6.04 Å². The fourth-order valence-corrected chi connectivity index (χ4v) is 3.37. The van der Waals surface area contributed by atoms with E-state index in [4.69, 9.17) is 4.74 Å². The number of anilines is 1. The molecule has 1 aromatic heterocycles. The van der Waals surface area contributed by atoms with Crippen molar-refractivity contribution < 1.29 is 9.53 Å². The van der Waals surface area contributed by atoms with Crippen molar-refractivity contribution in [3.8, 4) is 11.4 Å². The van der Waals surface area contributed by atoms with Crippen LogP contribution in [0.5, 0.6) is 0 Å². The summed E-state index contributed by atoms with van der Waals surface area (Å²) in [4.78, 5) is 29.6. The summed E-state index contributed by atoms with van der Waals surface area (Å²) < 4.78 is 5.34. The summed E-state index contributed by atoms with van der Waals surface area (Å²) in [7, 11) is 0. The van der Waals surface area contributed by atoms with Crippen LogP contribution >= 0.6 is 0 Å². The van der Waals surface area contributed by atoms with Gasteiger partial charge in [0.15, 0.2) is 5.82 Å². The first-order chi connectivity index (χ1) is 14.8. The van der Waals surface area contributed by atoms with Crippen molar-refractivity contribution in [1.82, 2.24) is 20.3 Å². The number of amidine groups is 1. The molecule has 2 N–H and O–H groups in total. The maximum Gasteiger partial charge on any atom is 0.407 e. The highest BCUT2D eigenvalue weighted by Crippen LogP contribution is 2.42. The minimum Gasteiger partial charge on any atom is -0.444 e. The van der Waals surface area contributed by atoms with Crippen molar-refractivity contribution in [1.29, 1.82) is 0 Å². The zero-order chi connectivity index (χ0) is 22.0. The van der Waals surface area contributed by atoms with Gasteiger partial charge in [-0.2, -0.15) is 4.98 Å². The molecule has 1 aromatic carbocycles. The van der Waals surface area contributed by atoms with Gasteiger partial charge in [-0.1, -0.05) is 18.2 Å². The summed E-state index contributed by atoms with van der Waals surface area (Å²) in [5.41, 5.74) is 2.71. The van der Waals surface area contributed by atoms with Gasteiger partial charge in [0.05, 0.1) is 6.04 Å². The van der Waals surface area contributed by atoms with E-state index in [0.717, 1.165) is 29.8 Å². The molecule has 8 nitrogen and oxygen atoms in total. The molecule has 0 saturated heterocycles. The Bertz CT molecular complexity index is 1040. The highest BCUT2D eigenvalue weighted by atomic mass is 16.6. The molecule has 0 radical (unpaired) electrons. The molecule has 0 spiro atoms. The molecular formula is C23H28N6O2. The van der Waals surface area contributed by atoms with Gasteiger partial charge in [0.2, 0.25) is 5.95 Å². The molecule has 1 saturated carbocycles. The van der Waals surface area contributed by atoms with Crippen molar-refractivity contribution in [2.24, 2.45) is 4.99 Å². The number of nitrogens with zero attached hydrogens (tertiary/aromatic N) is 4. The molecule has 2 aliphatic rings. The van der Waals surface area contributed by atoms with Crippen molar-refractivity contribution >= 4 is 17.9 Å². The number of carbonyl (C=O) groups excluding carboxylic acids is 1. The van der Waals surface area contributed by atoms with Gasteiger partial charge >= 0.3 is 6.09 Å². The van der Waals surface area contributed by atoms with Gasteiger partial charge in [-0.05, 0) is 69.7 Å². The first-order valence-corrected chi connectivity index (χ1v) is 10.6. The van der Waals surface area contributed by atoms with Crippen molar-refractivity contribution in [3.63, 3.8) is 0 Å². The molecule has 162 valence electrons. The summed E-state index contributed by atoms with van der Waals surface area (Å²) in [6.45, 7) is 8.00. The van der Waals surface area contributed by atoms with E-state index >= 15 is 0 Å². The number of nitrogens with one attached hydrogen (secondary N) is 2. The molecule has 1 unspecified atom stereocenters. The first-order valence-electron chi connectivity index (χ1n) is 10.6. The van der Waals surface area contributed by atoms with E-state index in [1.54, 1.807) is 0 Å². The van der Waals surface area contributed by atoms with Crippen molar-refractivity contribution in [2.45, 2.75) is 64.6 Å².